The first-order chi connectivity index (χ1) is 12.0. The molecule has 1 heterocycles. The van der Waals surface area contributed by atoms with Crippen molar-refractivity contribution in [2.45, 2.75) is 33.2 Å². The Balaban J connectivity index is 2.02. The second-order valence-corrected chi connectivity index (χ2v) is 5.78. The number of hydrogen-bond acceptors (Lipinski definition) is 3. The molecule has 1 aromatic carbocycles. The van der Waals surface area contributed by atoms with E-state index in [-0.39, 0.29) is 18.7 Å². The number of amides is 2. The summed E-state index contributed by atoms with van der Waals surface area (Å²) in [6.07, 6.45) is 5.93. The fourth-order valence-electron chi connectivity index (χ4n) is 2.76. The maximum absolute atomic E-state index is 12.3. The molecule has 0 aliphatic heterocycles. The highest BCUT2D eigenvalue weighted by Crippen LogP contribution is 2.24. The zero-order valence-electron chi connectivity index (χ0n) is 15.1. The number of aryl methyl sites for hydroxylation is 2. The lowest BCUT2D eigenvalue weighted by atomic mass is 10.0. The van der Waals surface area contributed by atoms with Crippen LogP contribution in [-0.4, -0.2) is 22.4 Å². The van der Waals surface area contributed by atoms with E-state index in [1.807, 2.05) is 32.5 Å². The lowest BCUT2D eigenvalue weighted by Crippen LogP contribution is -2.32. The van der Waals surface area contributed by atoms with Crippen LogP contribution in [0.25, 0.3) is 0 Å². The van der Waals surface area contributed by atoms with Gasteiger partial charge < -0.3 is 15.4 Å². The highest BCUT2D eigenvalue weighted by atomic mass is 16.5. The summed E-state index contributed by atoms with van der Waals surface area (Å²) >= 11 is 0. The molecule has 6 nitrogen and oxygen atoms in total. The summed E-state index contributed by atoms with van der Waals surface area (Å²) in [6, 6.07) is 6.72. The lowest BCUT2D eigenvalue weighted by molar-refractivity contribution is 0.248. The fourth-order valence-corrected chi connectivity index (χ4v) is 2.76. The average Bonchev–Trinajstić information content (AvgIpc) is 2.84. The van der Waals surface area contributed by atoms with Crippen LogP contribution in [0.1, 0.15) is 36.3 Å². The van der Waals surface area contributed by atoms with Crippen LogP contribution in [0.15, 0.2) is 24.3 Å². The summed E-state index contributed by atoms with van der Waals surface area (Å²) in [4.78, 5) is 12.3. The van der Waals surface area contributed by atoms with Crippen LogP contribution in [0.2, 0.25) is 0 Å². The molecule has 0 saturated heterocycles. The van der Waals surface area contributed by atoms with Crippen molar-refractivity contribution in [2.75, 3.05) is 11.9 Å². The van der Waals surface area contributed by atoms with Crippen molar-refractivity contribution in [1.29, 1.82) is 0 Å². The molecule has 2 amide bonds. The minimum atomic E-state index is -0.258. The highest BCUT2D eigenvalue weighted by molar-refractivity contribution is 5.89. The van der Waals surface area contributed by atoms with E-state index in [2.05, 4.69) is 21.7 Å². The Morgan fingerprint density at radius 2 is 2.04 bits per heavy atom. The molecule has 1 aromatic heterocycles. The Hall–Kier alpha value is -2.94. The normalized spacial score (nSPS) is 11.5. The molecule has 0 aliphatic carbocycles. The molecular weight excluding hydrogens is 316 g/mol. The van der Waals surface area contributed by atoms with Crippen LogP contribution in [0.3, 0.4) is 0 Å². The van der Waals surface area contributed by atoms with E-state index in [1.54, 1.807) is 24.3 Å². The first-order valence-corrected chi connectivity index (χ1v) is 8.20. The Morgan fingerprint density at radius 3 is 2.56 bits per heavy atom. The van der Waals surface area contributed by atoms with Crippen molar-refractivity contribution >= 4 is 11.7 Å². The fraction of sp³-hybridized carbons (Fsp3) is 0.368. The number of urea groups is 1. The zero-order valence-corrected chi connectivity index (χ0v) is 15.1. The van der Waals surface area contributed by atoms with Gasteiger partial charge in [0.1, 0.15) is 12.4 Å². The maximum Gasteiger partial charge on any atom is 0.319 e. The molecule has 0 aliphatic rings. The van der Waals surface area contributed by atoms with Crippen LogP contribution in [-0.2, 0) is 7.05 Å². The van der Waals surface area contributed by atoms with Crippen LogP contribution in [0.4, 0.5) is 10.5 Å². The van der Waals surface area contributed by atoms with Gasteiger partial charge in [0, 0.05) is 24.0 Å². The van der Waals surface area contributed by atoms with E-state index in [9.17, 15) is 4.79 Å². The molecule has 1 unspecified atom stereocenters. The minimum Gasteiger partial charge on any atom is -0.481 e. The third kappa shape index (κ3) is 4.54. The average molecular weight is 340 g/mol. The molecule has 0 spiro atoms. The lowest BCUT2D eigenvalue weighted by Gasteiger charge is -2.18. The van der Waals surface area contributed by atoms with Crippen LogP contribution in [0.5, 0.6) is 5.75 Å². The van der Waals surface area contributed by atoms with Crippen molar-refractivity contribution < 1.29 is 9.53 Å². The number of terminal acetylenes is 1. The number of nitrogens with zero attached hydrogens (tertiary/aromatic N) is 2. The number of aromatic nitrogens is 2. The summed E-state index contributed by atoms with van der Waals surface area (Å²) in [5.74, 6) is 3.07. The molecule has 0 saturated carbocycles. The quantitative estimate of drug-likeness (QED) is 0.793. The van der Waals surface area contributed by atoms with Crippen molar-refractivity contribution in [3.63, 3.8) is 0 Å². The Kier molecular flexibility index (Phi) is 6.07. The van der Waals surface area contributed by atoms with Gasteiger partial charge >= 0.3 is 6.03 Å². The topological polar surface area (TPSA) is 68.2 Å². The molecule has 0 radical (unpaired) electrons. The SMILES string of the molecule is C#CCOc1ccc(NC(=O)NC(CC)c2c(C)nn(C)c2C)cc1. The van der Waals surface area contributed by atoms with Crippen molar-refractivity contribution in [3.8, 4) is 18.1 Å². The summed E-state index contributed by atoms with van der Waals surface area (Å²) in [6.45, 7) is 6.22. The molecule has 2 aromatic rings. The minimum absolute atomic E-state index is 0.0908. The van der Waals surface area contributed by atoms with E-state index in [4.69, 9.17) is 11.2 Å². The summed E-state index contributed by atoms with van der Waals surface area (Å²) in [5.41, 5.74) is 3.74. The number of rotatable bonds is 6. The molecule has 0 bridgehead atoms. The van der Waals surface area contributed by atoms with Crippen LogP contribution in [0, 0.1) is 26.2 Å². The summed E-state index contributed by atoms with van der Waals surface area (Å²) in [7, 11) is 1.91. The van der Waals surface area contributed by atoms with Gasteiger partial charge in [-0.05, 0) is 44.5 Å². The second kappa shape index (κ2) is 8.25. The van der Waals surface area contributed by atoms with Gasteiger partial charge in [0.2, 0.25) is 0 Å². The van der Waals surface area contributed by atoms with Gasteiger partial charge in [-0.25, -0.2) is 4.79 Å². The van der Waals surface area contributed by atoms with E-state index in [0.717, 1.165) is 23.4 Å². The Labute approximate surface area is 148 Å². The van der Waals surface area contributed by atoms with E-state index < -0.39 is 0 Å². The van der Waals surface area contributed by atoms with Crippen LogP contribution < -0.4 is 15.4 Å². The third-order valence-corrected chi connectivity index (χ3v) is 4.06. The van der Waals surface area contributed by atoms with E-state index >= 15 is 0 Å². The van der Waals surface area contributed by atoms with E-state index in [0.29, 0.717) is 11.4 Å². The van der Waals surface area contributed by atoms with Gasteiger partial charge in [-0.2, -0.15) is 5.10 Å². The van der Waals surface area contributed by atoms with Gasteiger partial charge in [0.15, 0.2) is 0 Å². The first kappa shape index (κ1) is 18.4. The maximum atomic E-state index is 12.3. The van der Waals surface area contributed by atoms with Gasteiger partial charge in [0.25, 0.3) is 0 Å². The number of benzene rings is 1. The smallest absolute Gasteiger partial charge is 0.319 e. The summed E-state index contributed by atoms with van der Waals surface area (Å²) in [5, 5.41) is 10.3. The van der Waals surface area contributed by atoms with Crippen molar-refractivity contribution in [1.82, 2.24) is 15.1 Å². The molecule has 0 fully saturated rings. The van der Waals surface area contributed by atoms with Gasteiger partial charge in [-0.1, -0.05) is 12.8 Å². The number of anilines is 1. The third-order valence-electron chi connectivity index (χ3n) is 4.06. The molecule has 2 N–H and O–H groups in total. The molecular formula is C19H24N4O2. The number of carbonyl (C=O) groups is 1. The molecule has 2 rings (SSSR count). The highest BCUT2D eigenvalue weighted by Gasteiger charge is 2.20. The predicted octanol–water partition coefficient (Wildman–Crippen LogP) is 3.32. The molecule has 1 atom stereocenters. The predicted molar refractivity (Wildman–Crippen MR) is 98.6 cm³/mol. The number of hydrogen-bond donors (Lipinski definition) is 2. The van der Waals surface area contributed by atoms with Gasteiger partial charge in [0.05, 0.1) is 11.7 Å². The van der Waals surface area contributed by atoms with Crippen molar-refractivity contribution in [3.05, 3.63) is 41.2 Å². The van der Waals surface area contributed by atoms with Crippen LogP contribution >= 0.6 is 0 Å². The zero-order chi connectivity index (χ0) is 18.4. The van der Waals surface area contributed by atoms with Crippen molar-refractivity contribution in [2.24, 2.45) is 7.05 Å². The summed E-state index contributed by atoms with van der Waals surface area (Å²) < 4.78 is 7.15. The number of ether oxygens (including phenoxy) is 1. The largest absolute Gasteiger partial charge is 0.481 e. The number of nitrogens with one attached hydrogen (secondary N) is 2. The monoisotopic (exact) mass is 340 g/mol. The Morgan fingerprint density at radius 1 is 1.36 bits per heavy atom. The van der Waals surface area contributed by atoms with Gasteiger partial charge in [-0.3, -0.25) is 4.68 Å². The van der Waals surface area contributed by atoms with Gasteiger partial charge in [-0.15, -0.1) is 6.42 Å². The first-order valence-electron chi connectivity index (χ1n) is 8.20. The second-order valence-electron chi connectivity index (χ2n) is 5.78. The Bertz CT molecular complexity index is 772. The molecule has 25 heavy (non-hydrogen) atoms. The van der Waals surface area contributed by atoms with E-state index in [1.165, 1.54) is 0 Å². The molecule has 132 valence electrons. The number of carbonyl (C=O) groups excluding carboxylic acids is 1. The molecule has 6 heteroatoms. The standard InChI is InChI=1S/C19H24N4O2/c1-6-12-25-16-10-8-15(9-11-16)20-19(24)21-17(7-2)18-13(3)22-23(5)14(18)4/h1,8-11,17H,7,12H2,2-5H3,(H2,20,21,24).